The third kappa shape index (κ3) is 1.84. The summed E-state index contributed by atoms with van der Waals surface area (Å²) in [4.78, 5) is 12.4. The first kappa shape index (κ1) is 14.2. The molecule has 4 fully saturated rings. The molecule has 1 N–H and O–H groups in total. The van der Waals surface area contributed by atoms with Crippen molar-refractivity contribution in [3.8, 4) is 0 Å². The lowest BCUT2D eigenvalue weighted by atomic mass is 9.45. The van der Waals surface area contributed by atoms with E-state index in [-0.39, 0.29) is 11.5 Å². The second-order valence-corrected chi connectivity index (χ2v) is 9.00. The number of carbonyl (C=O) groups excluding carboxylic acids is 1. The fourth-order valence-electron chi connectivity index (χ4n) is 7.01. The molecule has 4 aliphatic carbocycles. The fraction of sp³-hybridized carbons (Fsp3) is 0.947. The van der Waals surface area contributed by atoms with E-state index in [4.69, 9.17) is 0 Å². The highest BCUT2D eigenvalue weighted by Crippen LogP contribution is 2.65. The van der Waals surface area contributed by atoms with Gasteiger partial charge in [-0.25, -0.2) is 0 Å². The number of Topliss-reactive ketones (excluding diaryl/α,β-unsaturated/α-hetero) is 1. The van der Waals surface area contributed by atoms with Gasteiger partial charge in [-0.05, 0) is 80.5 Å². The Kier molecular flexibility index (Phi) is 3.10. The van der Waals surface area contributed by atoms with E-state index in [0.29, 0.717) is 17.1 Å². The molecule has 2 nitrogen and oxygen atoms in total. The molecule has 21 heavy (non-hydrogen) atoms. The van der Waals surface area contributed by atoms with Gasteiger partial charge in [0.1, 0.15) is 5.78 Å². The number of rotatable bonds is 0. The number of hydrogen-bond acceptors (Lipinski definition) is 2. The van der Waals surface area contributed by atoms with Crippen LogP contribution in [0.1, 0.15) is 71.6 Å². The number of aliphatic hydroxyl groups is 1. The van der Waals surface area contributed by atoms with Crippen LogP contribution in [0.25, 0.3) is 0 Å². The van der Waals surface area contributed by atoms with Crippen molar-refractivity contribution in [3.63, 3.8) is 0 Å². The van der Waals surface area contributed by atoms with Crippen molar-refractivity contribution in [2.75, 3.05) is 0 Å². The SMILES string of the molecule is C[C@]12CC[C@H](O)C[C@@H]1CC[C@@H]1[C@@H]2CC[C@@]2(C)C(=O)CC[C@@H]12. The van der Waals surface area contributed by atoms with Crippen LogP contribution >= 0.6 is 0 Å². The minimum atomic E-state index is -0.0541. The number of carbonyl (C=O) groups is 1. The van der Waals surface area contributed by atoms with Gasteiger partial charge < -0.3 is 5.11 Å². The van der Waals surface area contributed by atoms with Gasteiger partial charge in [-0.2, -0.15) is 0 Å². The first-order chi connectivity index (χ1) is 9.95. The van der Waals surface area contributed by atoms with Gasteiger partial charge >= 0.3 is 0 Å². The summed E-state index contributed by atoms with van der Waals surface area (Å²) >= 11 is 0. The quantitative estimate of drug-likeness (QED) is 0.733. The minimum absolute atomic E-state index is 0.0124. The lowest BCUT2D eigenvalue weighted by molar-refractivity contribution is -0.142. The van der Waals surface area contributed by atoms with Crippen molar-refractivity contribution in [1.82, 2.24) is 0 Å². The molecule has 4 rings (SSSR count). The van der Waals surface area contributed by atoms with Gasteiger partial charge in [0.25, 0.3) is 0 Å². The molecule has 0 heterocycles. The molecule has 0 saturated heterocycles. The fourth-order valence-corrected chi connectivity index (χ4v) is 7.01. The van der Waals surface area contributed by atoms with Gasteiger partial charge in [-0.3, -0.25) is 4.79 Å². The molecular weight excluding hydrogens is 260 g/mol. The van der Waals surface area contributed by atoms with Gasteiger partial charge in [-0.15, -0.1) is 0 Å². The predicted molar refractivity (Wildman–Crippen MR) is 82.7 cm³/mol. The van der Waals surface area contributed by atoms with Gasteiger partial charge in [0.2, 0.25) is 0 Å². The monoisotopic (exact) mass is 290 g/mol. The lowest BCUT2D eigenvalue weighted by Gasteiger charge is -2.60. The van der Waals surface area contributed by atoms with Crippen molar-refractivity contribution in [2.24, 2.45) is 34.5 Å². The van der Waals surface area contributed by atoms with Crippen molar-refractivity contribution < 1.29 is 9.90 Å². The van der Waals surface area contributed by atoms with Crippen LogP contribution < -0.4 is 0 Å². The van der Waals surface area contributed by atoms with E-state index in [9.17, 15) is 9.90 Å². The summed E-state index contributed by atoms with van der Waals surface area (Å²) in [7, 11) is 0. The first-order valence-electron chi connectivity index (χ1n) is 9.16. The molecule has 7 atom stereocenters. The van der Waals surface area contributed by atoms with Crippen molar-refractivity contribution in [3.05, 3.63) is 0 Å². The number of fused-ring (bicyclic) bond motifs is 5. The molecule has 0 aromatic rings. The molecule has 2 heteroatoms. The summed E-state index contributed by atoms with van der Waals surface area (Å²) in [6.45, 7) is 4.78. The van der Waals surface area contributed by atoms with Crippen LogP contribution in [0.4, 0.5) is 0 Å². The van der Waals surface area contributed by atoms with Gasteiger partial charge in [-0.1, -0.05) is 13.8 Å². The average molecular weight is 290 g/mol. The molecule has 0 spiro atoms. The van der Waals surface area contributed by atoms with Crippen molar-refractivity contribution in [2.45, 2.75) is 77.7 Å². The van der Waals surface area contributed by atoms with E-state index in [0.717, 1.165) is 49.9 Å². The number of aliphatic hydroxyl groups excluding tert-OH is 1. The maximum absolute atomic E-state index is 12.4. The Morgan fingerprint density at radius 2 is 1.81 bits per heavy atom. The molecule has 0 radical (unpaired) electrons. The Morgan fingerprint density at radius 3 is 2.62 bits per heavy atom. The first-order valence-corrected chi connectivity index (χ1v) is 9.16. The summed E-state index contributed by atoms with van der Waals surface area (Å²) in [6.07, 6.45) is 10.1. The van der Waals surface area contributed by atoms with E-state index in [1.165, 1.54) is 25.7 Å². The smallest absolute Gasteiger partial charge is 0.139 e. The zero-order chi connectivity index (χ0) is 14.8. The second-order valence-electron chi connectivity index (χ2n) is 9.00. The summed E-state index contributed by atoms with van der Waals surface area (Å²) in [5.41, 5.74) is 0.452. The molecular formula is C19H30O2. The maximum Gasteiger partial charge on any atom is 0.139 e. The molecule has 0 aromatic carbocycles. The Bertz CT molecular complexity index is 458. The molecule has 0 bridgehead atoms. The largest absolute Gasteiger partial charge is 0.393 e. The zero-order valence-electron chi connectivity index (χ0n) is 13.6. The zero-order valence-corrected chi connectivity index (χ0v) is 13.6. The second kappa shape index (κ2) is 4.57. The Balaban J connectivity index is 1.64. The Labute approximate surface area is 128 Å². The van der Waals surface area contributed by atoms with E-state index < -0.39 is 0 Å². The van der Waals surface area contributed by atoms with Crippen LogP contribution in [0.2, 0.25) is 0 Å². The summed E-state index contributed by atoms with van der Waals surface area (Å²) in [5, 5.41) is 10.0. The average Bonchev–Trinajstić information content (AvgIpc) is 2.76. The summed E-state index contributed by atoms with van der Waals surface area (Å²) in [5.74, 6) is 3.54. The molecule has 4 aliphatic rings. The summed E-state index contributed by atoms with van der Waals surface area (Å²) in [6, 6.07) is 0. The highest BCUT2D eigenvalue weighted by molar-refractivity contribution is 5.87. The van der Waals surface area contributed by atoms with E-state index in [2.05, 4.69) is 13.8 Å². The topological polar surface area (TPSA) is 37.3 Å². The molecule has 0 aliphatic heterocycles. The number of ketones is 1. The van der Waals surface area contributed by atoms with Crippen molar-refractivity contribution >= 4 is 5.78 Å². The highest BCUT2D eigenvalue weighted by atomic mass is 16.3. The van der Waals surface area contributed by atoms with Crippen LogP contribution in [0, 0.1) is 34.5 Å². The molecule has 118 valence electrons. The minimum Gasteiger partial charge on any atom is -0.393 e. The predicted octanol–water partition coefficient (Wildman–Crippen LogP) is 3.96. The maximum atomic E-state index is 12.4. The van der Waals surface area contributed by atoms with Crippen molar-refractivity contribution in [1.29, 1.82) is 0 Å². The summed E-state index contributed by atoms with van der Waals surface area (Å²) < 4.78 is 0. The third-order valence-electron chi connectivity index (χ3n) is 8.35. The van der Waals surface area contributed by atoms with Gasteiger partial charge in [0.05, 0.1) is 6.10 Å². The van der Waals surface area contributed by atoms with Crippen LogP contribution in [0.3, 0.4) is 0 Å². The van der Waals surface area contributed by atoms with E-state index in [1.54, 1.807) is 0 Å². The third-order valence-corrected chi connectivity index (χ3v) is 8.35. The van der Waals surface area contributed by atoms with Gasteiger partial charge in [0, 0.05) is 11.8 Å². The highest BCUT2D eigenvalue weighted by Gasteiger charge is 2.60. The van der Waals surface area contributed by atoms with E-state index in [1.807, 2.05) is 0 Å². The Hall–Kier alpha value is -0.370. The van der Waals surface area contributed by atoms with E-state index >= 15 is 0 Å². The molecule has 4 saturated carbocycles. The van der Waals surface area contributed by atoms with Gasteiger partial charge in [0.15, 0.2) is 0 Å². The Morgan fingerprint density at radius 1 is 1.00 bits per heavy atom. The van der Waals surface area contributed by atoms with Crippen LogP contribution in [0.15, 0.2) is 0 Å². The van der Waals surface area contributed by atoms with Crippen LogP contribution in [-0.4, -0.2) is 17.0 Å². The van der Waals surface area contributed by atoms with Crippen LogP contribution in [-0.2, 0) is 4.79 Å². The molecule has 0 aromatic heterocycles. The molecule has 0 unspecified atom stereocenters. The van der Waals surface area contributed by atoms with Crippen LogP contribution in [0.5, 0.6) is 0 Å². The standard InChI is InChI=1S/C19H30O2/c1-18-9-7-13(20)11-12(18)3-4-14-15-5-6-17(21)19(15,2)10-8-16(14)18/h12-16,20H,3-11H2,1-2H3/t12-,13-,14-,15-,16-,18-,19+/m0/s1. The lowest BCUT2D eigenvalue weighted by Crippen LogP contribution is -2.54. The number of hydrogen-bond donors (Lipinski definition) is 1. The molecule has 0 amide bonds. The normalized spacial score (nSPS) is 56.5.